The molecule has 0 amide bonds. The molecule has 0 fully saturated rings. The Bertz CT molecular complexity index is 177. The van der Waals surface area contributed by atoms with E-state index >= 15 is 0 Å². The Hall–Kier alpha value is -0.480. The quantitative estimate of drug-likeness (QED) is 0.681. The van der Waals surface area contributed by atoms with Gasteiger partial charge in [0.25, 0.3) is 0 Å². The van der Waals surface area contributed by atoms with Crippen molar-refractivity contribution in [3.05, 3.63) is 18.0 Å². The van der Waals surface area contributed by atoms with E-state index in [0.29, 0.717) is 0 Å². The normalized spacial score (nSPS) is 10.3. The Balaban J connectivity index is 2.04. The van der Waals surface area contributed by atoms with Gasteiger partial charge in [0, 0.05) is 12.7 Å². The molecule has 11 heavy (non-hydrogen) atoms. The van der Waals surface area contributed by atoms with E-state index in [1.807, 2.05) is 6.07 Å². The summed E-state index contributed by atoms with van der Waals surface area (Å²) in [6.07, 6.45) is 2.49. The monoisotopic (exact) mass is 173 g/mol. The molecule has 1 aromatic rings. The van der Waals surface area contributed by atoms with Crippen LogP contribution in [0.2, 0.25) is 0 Å². The van der Waals surface area contributed by atoms with Gasteiger partial charge in [-0.15, -0.1) is 0 Å². The maximum Gasteiger partial charge on any atom is 0.146 e. The van der Waals surface area contributed by atoms with Gasteiger partial charge < -0.3 is 9.63 Å². The largest absolute Gasteiger partial charge is 0.396 e. The molecule has 0 spiro atoms. The van der Waals surface area contributed by atoms with Crippen molar-refractivity contribution in [2.75, 3.05) is 12.4 Å². The van der Waals surface area contributed by atoms with Crippen LogP contribution in [0.15, 0.2) is 16.8 Å². The molecule has 1 N–H and O–H groups in total. The van der Waals surface area contributed by atoms with E-state index in [2.05, 4.69) is 5.16 Å². The Labute approximate surface area is 69.8 Å². The minimum Gasteiger partial charge on any atom is -0.396 e. The first-order valence-corrected chi connectivity index (χ1v) is 4.67. The van der Waals surface area contributed by atoms with E-state index in [9.17, 15) is 0 Å². The summed E-state index contributed by atoms with van der Waals surface area (Å²) < 4.78 is 4.88. The first-order chi connectivity index (χ1) is 5.43. The highest BCUT2D eigenvalue weighted by molar-refractivity contribution is 7.98. The number of aliphatic hydroxyl groups excluding tert-OH is 1. The molecular formula is C7H11NO2S. The molecule has 62 valence electrons. The van der Waals surface area contributed by atoms with Crippen LogP contribution >= 0.6 is 11.8 Å². The fourth-order valence-electron chi connectivity index (χ4n) is 0.656. The summed E-state index contributed by atoms with van der Waals surface area (Å²) in [5.74, 6) is 2.71. The van der Waals surface area contributed by atoms with Crippen LogP contribution in [0.5, 0.6) is 0 Å². The fraction of sp³-hybridized carbons (Fsp3) is 0.571. The molecule has 4 heteroatoms. The van der Waals surface area contributed by atoms with Gasteiger partial charge >= 0.3 is 0 Å². The van der Waals surface area contributed by atoms with Gasteiger partial charge in [-0.2, -0.15) is 11.8 Å². The molecule has 0 aromatic carbocycles. The lowest BCUT2D eigenvalue weighted by molar-refractivity contribution is 0.296. The average Bonchev–Trinajstić information content (AvgIpc) is 2.50. The van der Waals surface area contributed by atoms with E-state index in [4.69, 9.17) is 9.63 Å². The molecule has 0 aliphatic rings. The van der Waals surface area contributed by atoms with Crippen LogP contribution in [0.25, 0.3) is 0 Å². The fourth-order valence-corrected chi connectivity index (χ4v) is 1.48. The number of aromatic nitrogens is 1. The molecule has 0 aliphatic carbocycles. The Kier molecular flexibility index (Phi) is 4.08. The zero-order chi connectivity index (χ0) is 7.94. The van der Waals surface area contributed by atoms with Crippen molar-refractivity contribution in [3.8, 4) is 0 Å². The third-order valence-corrected chi connectivity index (χ3v) is 2.25. The number of thioether (sulfide) groups is 1. The number of rotatable bonds is 5. The van der Waals surface area contributed by atoms with Crippen molar-refractivity contribution in [1.82, 2.24) is 5.16 Å². The highest BCUT2D eigenvalue weighted by Gasteiger charge is 1.95. The first kappa shape index (κ1) is 8.62. The van der Waals surface area contributed by atoms with Gasteiger partial charge in [-0.1, -0.05) is 5.16 Å². The molecule has 1 aromatic heterocycles. The van der Waals surface area contributed by atoms with E-state index in [0.717, 1.165) is 23.7 Å². The lowest BCUT2D eigenvalue weighted by Gasteiger charge is -1.94. The van der Waals surface area contributed by atoms with E-state index in [1.54, 1.807) is 18.0 Å². The second-order valence-corrected chi connectivity index (χ2v) is 3.21. The van der Waals surface area contributed by atoms with Gasteiger partial charge in [0.2, 0.25) is 0 Å². The molecule has 1 rings (SSSR count). The van der Waals surface area contributed by atoms with E-state index in [-0.39, 0.29) is 6.61 Å². The molecule has 0 radical (unpaired) electrons. The van der Waals surface area contributed by atoms with Gasteiger partial charge in [-0.05, 0) is 12.2 Å². The zero-order valence-electron chi connectivity index (χ0n) is 6.19. The molecule has 0 unspecified atom stereocenters. The van der Waals surface area contributed by atoms with Crippen LogP contribution < -0.4 is 0 Å². The third-order valence-electron chi connectivity index (χ3n) is 1.18. The second kappa shape index (κ2) is 5.21. The maximum atomic E-state index is 8.47. The SMILES string of the molecule is OCCCSCc1ccno1. The van der Waals surface area contributed by atoms with E-state index in [1.165, 1.54) is 0 Å². The third kappa shape index (κ3) is 3.43. The van der Waals surface area contributed by atoms with Gasteiger partial charge in [0.15, 0.2) is 0 Å². The lowest BCUT2D eigenvalue weighted by atomic mass is 10.5. The van der Waals surface area contributed by atoms with Crippen LogP contribution in [-0.4, -0.2) is 22.6 Å². The zero-order valence-corrected chi connectivity index (χ0v) is 7.01. The van der Waals surface area contributed by atoms with Crippen LogP contribution in [0, 0.1) is 0 Å². The van der Waals surface area contributed by atoms with Crippen molar-refractivity contribution in [3.63, 3.8) is 0 Å². The summed E-state index contributed by atoms with van der Waals surface area (Å²) in [7, 11) is 0. The smallest absolute Gasteiger partial charge is 0.146 e. The van der Waals surface area contributed by atoms with Crippen LogP contribution in [0.1, 0.15) is 12.2 Å². The minimum atomic E-state index is 0.267. The predicted molar refractivity (Wildman–Crippen MR) is 44.4 cm³/mol. The number of hydrogen-bond donors (Lipinski definition) is 1. The Morgan fingerprint density at radius 1 is 1.64 bits per heavy atom. The average molecular weight is 173 g/mol. The molecule has 3 nitrogen and oxygen atoms in total. The van der Waals surface area contributed by atoms with Crippen molar-refractivity contribution in [1.29, 1.82) is 0 Å². The lowest BCUT2D eigenvalue weighted by Crippen LogP contribution is -1.86. The standard InChI is InChI=1S/C7H11NO2S/c9-4-1-5-11-6-7-2-3-8-10-7/h2-3,9H,1,4-6H2. The molecule has 1 heterocycles. The van der Waals surface area contributed by atoms with Crippen molar-refractivity contribution >= 4 is 11.8 Å². The number of aliphatic hydroxyl groups is 1. The summed E-state index contributed by atoms with van der Waals surface area (Å²) in [6.45, 7) is 0.267. The van der Waals surface area contributed by atoms with Gasteiger partial charge in [0.05, 0.1) is 11.9 Å². The highest BCUT2D eigenvalue weighted by Crippen LogP contribution is 2.11. The maximum absolute atomic E-state index is 8.47. The Morgan fingerprint density at radius 2 is 2.55 bits per heavy atom. The molecule has 0 saturated heterocycles. The minimum absolute atomic E-state index is 0.267. The van der Waals surface area contributed by atoms with Gasteiger partial charge in [0.1, 0.15) is 5.76 Å². The molecule has 0 atom stereocenters. The molecule has 0 aliphatic heterocycles. The second-order valence-electron chi connectivity index (χ2n) is 2.11. The molecule has 0 saturated carbocycles. The summed E-state index contributed by atoms with van der Waals surface area (Å²) in [5.41, 5.74) is 0. The van der Waals surface area contributed by atoms with Gasteiger partial charge in [-0.3, -0.25) is 0 Å². The van der Waals surface area contributed by atoms with Crippen molar-refractivity contribution < 1.29 is 9.63 Å². The van der Waals surface area contributed by atoms with Crippen LogP contribution in [0.3, 0.4) is 0 Å². The predicted octanol–water partition coefficient (Wildman–Crippen LogP) is 1.29. The van der Waals surface area contributed by atoms with Crippen LogP contribution in [-0.2, 0) is 5.75 Å². The number of hydrogen-bond acceptors (Lipinski definition) is 4. The summed E-state index contributed by atoms with van der Waals surface area (Å²) in [4.78, 5) is 0. The first-order valence-electron chi connectivity index (χ1n) is 3.51. The Morgan fingerprint density at radius 3 is 3.18 bits per heavy atom. The highest BCUT2D eigenvalue weighted by atomic mass is 32.2. The summed E-state index contributed by atoms with van der Waals surface area (Å²) in [6, 6.07) is 1.85. The van der Waals surface area contributed by atoms with Crippen LogP contribution in [0.4, 0.5) is 0 Å². The van der Waals surface area contributed by atoms with Crippen molar-refractivity contribution in [2.45, 2.75) is 12.2 Å². The van der Waals surface area contributed by atoms with Crippen molar-refractivity contribution in [2.24, 2.45) is 0 Å². The molecule has 0 bridgehead atoms. The van der Waals surface area contributed by atoms with Gasteiger partial charge in [-0.25, -0.2) is 0 Å². The number of nitrogens with zero attached hydrogens (tertiary/aromatic N) is 1. The molecular weight excluding hydrogens is 162 g/mol. The summed E-state index contributed by atoms with van der Waals surface area (Å²) >= 11 is 1.74. The summed E-state index contributed by atoms with van der Waals surface area (Å²) in [5, 5.41) is 12.1. The van der Waals surface area contributed by atoms with E-state index < -0.39 is 0 Å². The topological polar surface area (TPSA) is 46.3 Å².